The van der Waals surface area contributed by atoms with Gasteiger partial charge in [0.25, 0.3) is 0 Å². The van der Waals surface area contributed by atoms with Crippen molar-refractivity contribution in [3.05, 3.63) is 131 Å². The number of nitrogens with one attached hydrogen (secondary N) is 4. The molecule has 418 valence electrons. The summed E-state index contributed by atoms with van der Waals surface area (Å²) in [5, 5.41) is 12.7. The number of nitrogens with two attached hydrogens (primary N) is 2. The molecule has 0 atom stereocenters. The first kappa shape index (κ1) is 59.5. The van der Waals surface area contributed by atoms with Gasteiger partial charge in [0.1, 0.15) is 34.8 Å². The number of urea groups is 1. The van der Waals surface area contributed by atoms with Gasteiger partial charge >= 0.3 is 6.03 Å². The van der Waals surface area contributed by atoms with Gasteiger partial charge in [0.15, 0.2) is 0 Å². The monoisotopic (exact) mass is 1090 g/mol. The number of benzene rings is 4. The molecule has 6 aromatic rings. The normalized spacial score (nSPS) is 14.0. The third kappa shape index (κ3) is 17.6. The number of rotatable bonds is 14. The largest absolute Gasteiger partial charge is 0.496 e. The van der Waals surface area contributed by atoms with Crippen LogP contribution in [0.15, 0.2) is 102 Å². The SMILES string of the molecule is C1CCOC1.CN(C)c1ccc(N=C=O)cc1.COc1ccc(F)cc1C(=O)c1cnc(NC2CCN(C(=O)Nc3ccc(N(C)C)cc3)CC2)nc1N.COc1ccc(F)cc1C(=O)c1cnc(NC2CCNCC2)nc1N. The number of likely N-dealkylation sites (tertiary alicyclic amines) is 1. The summed E-state index contributed by atoms with van der Waals surface area (Å²) >= 11 is 0. The van der Waals surface area contributed by atoms with Crippen LogP contribution in [-0.4, -0.2) is 142 Å². The number of piperidine rings is 2. The van der Waals surface area contributed by atoms with Gasteiger partial charge < -0.3 is 61.6 Å². The van der Waals surface area contributed by atoms with E-state index < -0.39 is 23.2 Å². The number of amides is 2. The van der Waals surface area contributed by atoms with Crippen LogP contribution in [0.25, 0.3) is 0 Å². The molecule has 3 fully saturated rings. The minimum Gasteiger partial charge on any atom is -0.496 e. The molecule has 0 spiro atoms. The molecule has 21 nitrogen and oxygen atoms in total. The van der Waals surface area contributed by atoms with Crippen LogP contribution in [0.2, 0.25) is 0 Å². The summed E-state index contributed by atoms with van der Waals surface area (Å²) in [4.78, 5) is 74.2. The number of isocyanates is 1. The summed E-state index contributed by atoms with van der Waals surface area (Å²) in [6, 6.07) is 22.6. The van der Waals surface area contributed by atoms with Gasteiger partial charge in [-0.05, 0) is 137 Å². The van der Waals surface area contributed by atoms with Gasteiger partial charge in [-0.2, -0.15) is 15.0 Å². The van der Waals surface area contributed by atoms with Crippen LogP contribution in [0.3, 0.4) is 0 Å². The number of hydrogen-bond acceptors (Lipinski definition) is 19. The van der Waals surface area contributed by atoms with Crippen molar-refractivity contribution >= 4 is 70.0 Å². The van der Waals surface area contributed by atoms with Gasteiger partial charge in [0, 0.05) is 96.0 Å². The molecular formula is C56H68F2N14O7. The van der Waals surface area contributed by atoms with Crippen LogP contribution in [0, 0.1) is 11.6 Å². The van der Waals surface area contributed by atoms with Crippen molar-refractivity contribution in [2.75, 3.05) is 119 Å². The molecule has 2 amide bonds. The number of carbonyl (C=O) groups is 3. The zero-order valence-corrected chi connectivity index (χ0v) is 45.2. The number of halogens is 2. The Morgan fingerprint density at radius 2 is 1.14 bits per heavy atom. The molecule has 0 unspecified atom stereocenters. The Labute approximate surface area is 458 Å². The van der Waals surface area contributed by atoms with E-state index >= 15 is 0 Å². The zero-order chi connectivity index (χ0) is 56.8. The highest BCUT2D eigenvalue weighted by atomic mass is 19.1. The molecule has 79 heavy (non-hydrogen) atoms. The third-order valence-electron chi connectivity index (χ3n) is 12.7. The minimum absolute atomic E-state index is 0.0223. The van der Waals surface area contributed by atoms with Crippen LogP contribution in [0.4, 0.5) is 59.9 Å². The second kappa shape index (κ2) is 29.7. The minimum atomic E-state index is -0.566. The lowest BCUT2D eigenvalue weighted by Crippen LogP contribution is -2.44. The summed E-state index contributed by atoms with van der Waals surface area (Å²) in [6.07, 6.45) is 10.0. The Bertz CT molecular complexity index is 3010. The highest BCUT2D eigenvalue weighted by Crippen LogP contribution is 2.27. The van der Waals surface area contributed by atoms with Crippen LogP contribution in [-0.2, 0) is 9.53 Å². The molecule has 3 saturated heterocycles. The van der Waals surface area contributed by atoms with Crippen molar-refractivity contribution in [2.24, 2.45) is 4.99 Å². The van der Waals surface area contributed by atoms with Gasteiger partial charge in [-0.3, -0.25) is 9.59 Å². The summed E-state index contributed by atoms with van der Waals surface area (Å²) < 4.78 is 42.4. The summed E-state index contributed by atoms with van der Waals surface area (Å²) in [5.41, 5.74) is 15.8. The molecular weight excluding hydrogens is 1020 g/mol. The molecule has 0 radical (unpaired) electrons. The molecule has 2 aromatic heterocycles. The molecule has 0 aliphatic carbocycles. The van der Waals surface area contributed by atoms with E-state index in [1.54, 1.807) is 17.0 Å². The quantitative estimate of drug-likeness (QED) is 0.0346. The maximum absolute atomic E-state index is 13.7. The van der Waals surface area contributed by atoms with Crippen molar-refractivity contribution in [2.45, 2.75) is 50.6 Å². The van der Waals surface area contributed by atoms with Crippen LogP contribution in [0.5, 0.6) is 11.5 Å². The van der Waals surface area contributed by atoms with Crippen molar-refractivity contribution in [1.29, 1.82) is 0 Å². The summed E-state index contributed by atoms with van der Waals surface area (Å²) in [5.74, 6) is -0.933. The maximum atomic E-state index is 13.7. The Hall–Kier alpha value is -8.79. The first-order valence-electron chi connectivity index (χ1n) is 25.6. The van der Waals surface area contributed by atoms with E-state index in [-0.39, 0.29) is 69.5 Å². The maximum Gasteiger partial charge on any atom is 0.321 e. The fourth-order valence-corrected chi connectivity index (χ4v) is 8.28. The first-order valence-corrected chi connectivity index (χ1v) is 25.6. The van der Waals surface area contributed by atoms with E-state index in [4.69, 9.17) is 25.7 Å². The molecule has 0 bridgehead atoms. The molecule has 3 aliphatic rings. The fourth-order valence-electron chi connectivity index (χ4n) is 8.28. The second-order valence-corrected chi connectivity index (χ2v) is 18.7. The number of methoxy groups -OCH3 is 2. The van der Waals surface area contributed by atoms with E-state index in [0.29, 0.717) is 37.6 Å². The average Bonchev–Trinajstić information content (AvgIpc) is 4.09. The molecule has 0 saturated carbocycles. The van der Waals surface area contributed by atoms with Crippen molar-refractivity contribution < 1.29 is 42.2 Å². The molecule has 9 rings (SSSR count). The number of nitrogens with zero attached hydrogens (tertiary/aromatic N) is 8. The van der Waals surface area contributed by atoms with Gasteiger partial charge in [-0.25, -0.2) is 28.3 Å². The molecule has 3 aliphatic heterocycles. The van der Waals surface area contributed by atoms with Gasteiger partial charge in [0.05, 0.1) is 42.2 Å². The Morgan fingerprint density at radius 1 is 0.684 bits per heavy atom. The van der Waals surface area contributed by atoms with Crippen molar-refractivity contribution in [3.8, 4) is 11.5 Å². The topological polar surface area (TPSA) is 270 Å². The number of aromatic nitrogens is 4. The van der Waals surface area contributed by atoms with E-state index in [2.05, 4.69) is 46.2 Å². The molecule has 8 N–H and O–H groups in total. The third-order valence-corrected chi connectivity index (χ3v) is 12.7. The smallest absolute Gasteiger partial charge is 0.321 e. The number of aliphatic imine (C=N–C) groups is 1. The lowest BCUT2D eigenvalue weighted by molar-refractivity contribution is 0.102. The average molecular weight is 1090 g/mol. The summed E-state index contributed by atoms with van der Waals surface area (Å²) in [6.45, 7) is 4.99. The number of anilines is 7. The number of ketones is 2. The Balaban J connectivity index is 0.000000204. The lowest BCUT2D eigenvalue weighted by atomic mass is 10.0. The van der Waals surface area contributed by atoms with Crippen LogP contribution < -0.4 is 52.0 Å². The van der Waals surface area contributed by atoms with E-state index in [1.165, 1.54) is 69.8 Å². The Kier molecular flexibility index (Phi) is 22.3. The Morgan fingerprint density at radius 3 is 1.54 bits per heavy atom. The second-order valence-electron chi connectivity index (χ2n) is 18.7. The summed E-state index contributed by atoms with van der Waals surface area (Å²) in [7, 11) is 10.6. The number of hydrogen-bond donors (Lipinski definition) is 6. The van der Waals surface area contributed by atoms with E-state index in [9.17, 15) is 28.0 Å². The predicted octanol–water partition coefficient (Wildman–Crippen LogP) is 7.73. The van der Waals surface area contributed by atoms with Crippen LogP contribution in [0.1, 0.15) is 70.4 Å². The van der Waals surface area contributed by atoms with E-state index in [1.807, 2.05) is 74.4 Å². The first-order chi connectivity index (χ1) is 38.1. The lowest BCUT2D eigenvalue weighted by Gasteiger charge is -2.32. The number of ether oxygens (including phenoxy) is 3. The van der Waals surface area contributed by atoms with Gasteiger partial charge in [0.2, 0.25) is 29.5 Å². The fraction of sp³-hybridized carbons (Fsp3) is 0.357. The standard InChI is InChI=1S/C26H30FN7O3.C17H20FN5O2.C9H10N2O.C4H8O/c1-33(2)19-7-5-17(6-8-19)31-26(36)34-12-10-18(11-13-34)30-25-29-15-21(24(28)32-25)23(35)20-14-16(27)4-9-22(20)37-3;1-25-14-3-2-10(18)8-12(14)15(24)13-9-21-17(23-16(13)19)22-11-4-6-20-7-5-11;1-11(2)9-5-3-8(4-6-9)10-7-12;1-2-4-5-3-1/h4-9,14-15,18H,10-13H2,1-3H3,(H,31,36)(H3,28,29,30,32);2-3,8-9,11,20H,4-7H2,1H3,(H3,19,21,22,23);3-6H,1-2H3;1-4H2. The van der Waals surface area contributed by atoms with Crippen molar-refractivity contribution in [1.82, 2.24) is 30.2 Å². The highest BCUT2D eigenvalue weighted by Gasteiger charge is 2.26. The number of carbonyl (C=O) groups excluding carboxylic acids is 4. The van der Waals surface area contributed by atoms with Crippen molar-refractivity contribution in [3.63, 3.8) is 0 Å². The molecule has 4 aromatic carbocycles. The van der Waals surface area contributed by atoms with Gasteiger partial charge in [-0.1, -0.05) is 0 Å². The van der Waals surface area contributed by atoms with Gasteiger partial charge in [-0.15, -0.1) is 0 Å². The number of nitrogen functional groups attached to an aromatic ring is 2. The highest BCUT2D eigenvalue weighted by molar-refractivity contribution is 6.13. The van der Waals surface area contributed by atoms with Crippen LogP contribution >= 0.6 is 0 Å². The molecule has 5 heterocycles. The zero-order valence-electron chi connectivity index (χ0n) is 45.2. The molecule has 23 heteroatoms. The predicted molar refractivity (Wildman–Crippen MR) is 302 cm³/mol. The van der Waals surface area contributed by atoms with E-state index in [0.717, 1.165) is 68.3 Å².